The third kappa shape index (κ3) is 4.12. The Balaban J connectivity index is 1.33. The molecule has 1 aromatic heterocycles. The van der Waals surface area contributed by atoms with Gasteiger partial charge in [0.05, 0.1) is 16.1 Å². The number of carboxylic acids is 1. The standard InChI is InChI=1S/C24H24FN3O3S/c25-19-10-15(12-27-13-17(14-27)24(30)31)4-6-18(19)22-26-20-7-5-16(11-21(20)32-22)23(29)28-8-2-1-3-9-28/h4-7,10-11,17H,1-3,8-9,12-14H2,(H,30,31). The molecule has 0 radical (unpaired) electrons. The Kier molecular flexibility index (Phi) is 5.65. The van der Waals surface area contributed by atoms with Crippen LogP contribution in [0.3, 0.4) is 0 Å². The first-order chi connectivity index (χ1) is 15.5. The topological polar surface area (TPSA) is 73.7 Å². The molecule has 32 heavy (non-hydrogen) atoms. The van der Waals surface area contributed by atoms with Gasteiger partial charge in [0.2, 0.25) is 0 Å². The van der Waals surface area contributed by atoms with Crippen molar-refractivity contribution in [3.63, 3.8) is 0 Å². The van der Waals surface area contributed by atoms with Crippen molar-refractivity contribution in [1.82, 2.24) is 14.8 Å². The maximum atomic E-state index is 14.9. The second-order valence-electron chi connectivity index (χ2n) is 8.60. The van der Waals surface area contributed by atoms with Gasteiger partial charge in [0.25, 0.3) is 5.91 Å². The van der Waals surface area contributed by atoms with Crippen molar-refractivity contribution in [1.29, 1.82) is 0 Å². The average molecular weight is 454 g/mol. The van der Waals surface area contributed by atoms with Gasteiger partial charge in [-0.1, -0.05) is 6.07 Å². The zero-order valence-corrected chi connectivity index (χ0v) is 18.4. The van der Waals surface area contributed by atoms with Gasteiger partial charge in [0, 0.05) is 43.9 Å². The lowest BCUT2D eigenvalue weighted by molar-refractivity contribution is -0.147. The van der Waals surface area contributed by atoms with Gasteiger partial charge in [-0.05, 0) is 55.2 Å². The summed E-state index contributed by atoms with van der Waals surface area (Å²) >= 11 is 1.38. The average Bonchev–Trinajstić information content (AvgIpc) is 3.18. The Morgan fingerprint density at radius 2 is 1.88 bits per heavy atom. The molecule has 2 aliphatic rings. The summed E-state index contributed by atoms with van der Waals surface area (Å²) in [4.78, 5) is 32.2. The van der Waals surface area contributed by atoms with E-state index in [4.69, 9.17) is 5.11 Å². The highest BCUT2D eigenvalue weighted by Gasteiger charge is 2.32. The van der Waals surface area contributed by atoms with Gasteiger partial charge in [-0.15, -0.1) is 11.3 Å². The van der Waals surface area contributed by atoms with Crippen LogP contribution in [0.1, 0.15) is 35.2 Å². The van der Waals surface area contributed by atoms with Crippen molar-refractivity contribution in [2.24, 2.45) is 5.92 Å². The van der Waals surface area contributed by atoms with E-state index in [0.29, 0.717) is 35.8 Å². The highest BCUT2D eigenvalue weighted by molar-refractivity contribution is 7.21. The van der Waals surface area contributed by atoms with Gasteiger partial charge in [-0.25, -0.2) is 9.37 Å². The predicted molar refractivity (Wildman–Crippen MR) is 121 cm³/mol. The van der Waals surface area contributed by atoms with Crippen molar-refractivity contribution < 1.29 is 19.1 Å². The zero-order valence-electron chi connectivity index (χ0n) is 17.6. The molecule has 0 spiro atoms. The molecule has 2 fully saturated rings. The summed E-state index contributed by atoms with van der Waals surface area (Å²) in [6.45, 7) is 3.13. The molecule has 0 aliphatic carbocycles. The summed E-state index contributed by atoms with van der Waals surface area (Å²) in [6, 6.07) is 10.6. The van der Waals surface area contributed by atoms with Crippen LogP contribution >= 0.6 is 11.3 Å². The van der Waals surface area contributed by atoms with Crippen molar-refractivity contribution in [3.8, 4) is 10.6 Å². The number of aromatic nitrogens is 1. The first-order valence-electron chi connectivity index (χ1n) is 10.9. The molecule has 3 heterocycles. The number of carbonyl (C=O) groups excluding carboxylic acids is 1. The van der Waals surface area contributed by atoms with Crippen molar-refractivity contribution in [3.05, 3.63) is 53.3 Å². The van der Waals surface area contributed by atoms with E-state index in [1.165, 1.54) is 23.8 Å². The van der Waals surface area contributed by atoms with Crippen LogP contribution in [-0.4, -0.2) is 57.9 Å². The van der Waals surface area contributed by atoms with E-state index in [1.54, 1.807) is 12.1 Å². The number of carbonyl (C=O) groups is 2. The van der Waals surface area contributed by atoms with Crippen LogP contribution in [0.15, 0.2) is 36.4 Å². The zero-order chi connectivity index (χ0) is 22.2. The van der Waals surface area contributed by atoms with Crippen molar-refractivity contribution >= 4 is 33.4 Å². The van der Waals surface area contributed by atoms with Crippen LogP contribution in [0.4, 0.5) is 4.39 Å². The number of likely N-dealkylation sites (tertiary alicyclic amines) is 2. The Morgan fingerprint density at radius 3 is 2.59 bits per heavy atom. The number of fused-ring (bicyclic) bond motifs is 1. The van der Waals surface area contributed by atoms with Gasteiger partial charge in [-0.3, -0.25) is 14.5 Å². The van der Waals surface area contributed by atoms with E-state index >= 15 is 0 Å². The van der Waals surface area contributed by atoms with E-state index in [1.807, 2.05) is 28.0 Å². The minimum Gasteiger partial charge on any atom is -0.481 e. The summed E-state index contributed by atoms with van der Waals surface area (Å²) < 4.78 is 15.8. The summed E-state index contributed by atoms with van der Waals surface area (Å²) in [5.41, 5.74) is 2.65. The highest BCUT2D eigenvalue weighted by atomic mass is 32.1. The molecular formula is C24H24FN3O3S. The highest BCUT2D eigenvalue weighted by Crippen LogP contribution is 2.33. The van der Waals surface area contributed by atoms with Gasteiger partial charge >= 0.3 is 5.97 Å². The Labute approximate surface area is 189 Å². The number of piperidine rings is 1. The number of hydrogen-bond acceptors (Lipinski definition) is 5. The molecular weight excluding hydrogens is 429 g/mol. The van der Waals surface area contributed by atoms with E-state index in [-0.39, 0.29) is 17.6 Å². The Morgan fingerprint density at radius 1 is 1.09 bits per heavy atom. The molecule has 0 bridgehead atoms. The minimum atomic E-state index is -0.778. The molecule has 8 heteroatoms. The minimum absolute atomic E-state index is 0.0493. The second kappa shape index (κ2) is 8.60. The molecule has 1 N–H and O–H groups in total. The Hall–Kier alpha value is -2.84. The fourth-order valence-electron chi connectivity index (χ4n) is 4.40. The molecule has 2 aliphatic heterocycles. The predicted octanol–water partition coefficient (Wildman–Crippen LogP) is 4.24. The lowest BCUT2D eigenvalue weighted by atomic mass is 9.99. The number of aliphatic carboxylic acids is 1. The van der Waals surface area contributed by atoms with Crippen LogP contribution < -0.4 is 0 Å². The van der Waals surface area contributed by atoms with Crippen LogP contribution in [-0.2, 0) is 11.3 Å². The summed E-state index contributed by atoms with van der Waals surface area (Å²) in [5, 5.41) is 9.57. The monoisotopic (exact) mass is 453 g/mol. The summed E-state index contributed by atoms with van der Waals surface area (Å²) in [6.07, 6.45) is 3.27. The van der Waals surface area contributed by atoms with E-state index < -0.39 is 5.97 Å². The number of carboxylic acid groups (broad SMARTS) is 1. The van der Waals surface area contributed by atoms with Gasteiger partial charge in [0.15, 0.2) is 0 Å². The molecule has 0 saturated carbocycles. The van der Waals surface area contributed by atoms with Crippen LogP contribution in [0.25, 0.3) is 20.8 Å². The third-order valence-corrected chi connectivity index (χ3v) is 7.31. The number of rotatable bonds is 5. The molecule has 2 aromatic carbocycles. The molecule has 0 unspecified atom stereocenters. The molecule has 2 saturated heterocycles. The maximum absolute atomic E-state index is 14.9. The number of nitrogens with zero attached hydrogens (tertiary/aromatic N) is 3. The molecule has 5 rings (SSSR count). The lowest BCUT2D eigenvalue weighted by Crippen LogP contribution is -2.49. The molecule has 166 valence electrons. The van der Waals surface area contributed by atoms with E-state index in [0.717, 1.165) is 41.7 Å². The fourth-order valence-corrected chi connectivity index (χ4v) is 5.43. The van der Waals surface area contributed by atoms with Gasteiger partial charge < -0.3 is 10.0 Å². The maximum Gasteiger partial charge on any atom is 0.309 e. The second-order valence-corrected chi connectivity index (χ2v) is 9.63. The summed E-state index contributed by atoms with van der Waals surface area (Å²) in [7, 11) is 0. The number of halogens is 1. The lowest BCUT2D eigenvalue weighted by Gasteiger charge is -2.36. The largest absolute Gasteiger partial charge is 0.481 e. The van der Waals surface area contributed by atoms with E-state index in [2.05, 4.69) is 4.98 Å². The number of hydrogen-bond donors (Lipinski definition) is 1. The van der Waals surface area contributed by atoms with Crippen molar-refractivity contribution in [2.45, 2.75) is 25.8 Å². The van der Waals surface area contributed by atoms with Gasteiger partial charge in [-0.2, -0.15) is 0 Å². The van der Waals surface area contributed by atoms with Crippen molar-refractivity contribution in [2.75, 3.05) is 26.2 Å². The molecule has 3 aromatic rings. The van der Waals surface area contributed by atoms with Gasteiger partial charge in [0.1, 0.15) is 10.8 Å². The Bertz CT molecular complexity index is 1180. The normalized spacial score (nSPS) is 17.5. The number of amides is 1. The van der Waals surface area contributed by atoms with Crippen LogP contribution in [0.2, 0.25) is 0 Å². The number of thiazole rings is 1. The first kappa shape index (κ1) is 21.0. The van der Waals surface area contributed by atoms with Crippen LogP contribution in [0.5, 0.6) is 0 Å². The SMILES string of the molecule is O=C(O)C1CN(Cc2ccc(-c3nc4ccc(C(=O)N5CCCCC5)cc4s3)c(F)c2)C1. The quantitative estimate of drug-likeness (QED) is 0.625. The molecule has 0 atom stereocenters. The van der Waals surface area contributed by atoms with Crippen LogP contribution in [0, 0.1) is 11.7 Å². The molecule has 6 nitrogen and oxygen atoms in total. The first-order valence-corrected chi connectivity index (χ1v) is 11.7. The summed E-state index contributed by atoms with van der Waals surface area (Å²) in [5.74, 6) is -1.40. The number of benzene rings is 2. The van der Waals surface area contributed by atoms with E-state index in [9.17, 15) is 14.0 Å². The third-order valence-electron chi connectivity index (χ3n) is 6.26. The fraction of sp³-hybridized carbons (Fsp3) is 0.375. The smallest absolute Gasteiger partial charge is 0.309 e. The molecule has 1 amide bonds.